The average molecular weight is 523 g/mol. The Bertz CT molecular complexity index is 1640. The van der Waals surface area contributed by atoms with E-state index in [0.29, 0.717) is 25.3 Å². The van der Waals surface area contributed by atoms with E-state index in [1.807, 2.05) is 12.1 Å². The molecule has 2 aromatic carbocycles. The number of allylic oxidation sites excluding steroid dienone is 2. The van der Waals surface area contributed by atoms with Crippen LogP contribution in [0.5, 0.6) is 0 Å². The number of ketones is 1. The largest absolute Gasteiger partial charge is 0.478 e. The van der Waals surface area contributed by atoms with E-state index in [1.165, 1.54) is 0 Å². The number of rotatable bonds is 8. The third kappa shape index (κ3) is 4.48. The Morgan fingerprint density at radius 1 is 0.667 bits per heavy atom. The summed E-state index contributed by atoms with van der Waals surface area (Å²) < 4.78 is 4.29. The molecule has 0 amide bonds. The molecule has 0 saturated heterocycles. The van der Waals surface area contributed by atoms with Gasteiger partial charge in [0.2, 0.25) is 5.78 Å². The molecule has 196 valence electrons. The van der Waals surface area contributed by atoms with E-state index in [0.717, 1.165) is 52.6 Å². The molecule has 0 saturated carbocycles. The highest BCUT2D eigenvalue weighted by Crippen LogP contribution is 2.37. The van der Waals surface area contributed by atoms with Gasteiger partial charge in [0.05, 0.1) is 36.5 Å². The van der Waals surface area contributed by atoms with Crippen LogP contribution < -0.4 is 10.6 Å². The summed E-state index contributed by atoms with van der Waals surface area (Å²) in [6.07, 6.45) is 0.798. The maximum Gasteiger partial charge on any atom is 0.335 e. The minimum atomic E-state index is -0.959. The summed E-state index contributed by atoms with van der Waals surface area (Å²) in [5.41, 5.74) is 7.91. The lowest BCUT2D eigenvalue weighted by molar-refractivity contribution is 0.0686. The molecule has 4 N–H and O–H groups in total. The standard InChI is InChI=1S/C30H26N4O5/c35-28-25(17-34-23(10-12-27(28)34)16-32-21-7-3-19(4-8-21)30(38)39)24-13-14-33-22(9-11-26(24)33)15-31-20-5-1-18(2-6-20)29(36)37/h1-12,31-32H,13-17H2,(H,36,37)(H,38,39)/b25-24+. The van der Waals surface area contributed by atoms with Crippen molar-refractivity contribution >= 4 is 34.7 Å². The number of hydrogen-bond acceptors (Lipinski definition) is 5. The summed E-state index contributed by atoms with van der Waals surface area (Å²) in [7, 11) is 0. The van der Waals surface area contributed by atoms with Crippen LogP contribution in [0.4, 0.5) is 11.4 Å². The van der Waals surface area contributed by atoms with Gasteiger partial charge in [-0.05, 0) is 84.8 Å². The van der Waals surface area contributed by atoms with Crippen molar-refractivity contribution in [2.45, 2.75) is 32.6 Å². The molecule has 4 aromatic rings. The number of nitrogens with one attached hydrogen (secondary N) is 2. The minimum absolute atomic E-state index is 0.0647. The number of fused-ring (bicyclic) bond motifs is 2. The number of hydrogen-bond donors (Lipinski definition) is 4. The van der Waals surface area contributed by atoms with E-state index >= 15 is 0 Å². The number of benzene rings is 2. The molecule has 4 heterocycles. The minimum Gasteiger partial charge on any atom is -0.478 e. The molecule has 39 heavy (non-hydrogen) atoms. The first kappa shape index (κ1) is 24.3. The maximum atomic E-state index is 13.4. The lowest BCUT2D eigenvalue weighted by Crippen LogP contribution is -2.07. The van der Waals surface area contributed by atoms with Crippen LogP contribution in [0.25, 0.3) is 5.57 Å². The molecule has 0 spiro atoms. The zero-order valence-corrected chi connectivity index (χ0v) is 21.0. The van der Waals surface area contributed by atoms with Crippen molar-refractivity contribution in [3.05, 3.63) is 112 Å². The summed E-state index contributed by atoms with van der Waals surface area (Å²) in [6, 6.07) is 21.2. The zero-order chi connectivity index (χ0) is 27.1. The van der Waals surface area contributed by atoms with Crippen molar-refractivity contribution in [1.29, 1.82) is 0 Å². The first-order valence-electron chi connectivity index (χ1n) is 12.7. The number of carbonyl (C=O) groups is 3. The molecule has 0 atom stereocenters. The van der Waals surface area contributed by atoms with Crippen LogP contribution >= 0.6 is 0 Å². The van der Waals surface area contributed by atoms with Crippen LogP contribution in [0.3, 0.4) is 0 Å². The lowest BCUT2D eigenvalue weighted by atomic mass is 10.0. The second-order valence-electron chi connectivity index (χ2n) is 9.67. The zero-order valence-electron chi connectivity index (χ0n) is 21.0. The monoisotopic (exact) mass is 522 g/mol. The molecule has 2 aromatic heterocycles. The van der Waals surface area contributed by atoms with Gasteiger partial charge < -0.3 is 30.0 Å². The summed E-state index contributed by atoms with van der Waals surface area (Å²) in [5.74, 6) is -1.84. The number of nitrogens with zero attached hydrogens (tertiary/aromatic N) is 2. The van der Waals surface area contributed by atoms with Gasteiger partial charge in [0, 0.05) is 40.6 Å². The van der Waals surface area contributed by atoms with Crippen molar-refractivity contribution in [3.8, 4) is 0 Å². The highest BCUT2D eigenvalue weighted by atomic mass is 16.4. The Balaban J connectivity index is 1.16. The Morgan fingerprint density at radius 2 is 1.18 bits per heavy atom. The second kappa shape index (κ2) is 9.68. The van der Waals surface area contributed by atoms with Gasteiger partial charge in [0.15, 0.2) is 0 Å². The third-order valence-electron chi connectivity index (χ3n) is 7.43. The molecule has 2 aliphatic heterocycles. The lowest BCUT2D eigenvalue weighted by Gasteiger charge is -2.10. The fourth-order valence-corrected chi connectivity index (χ4v) is 5.36. The Hall–Kier alpha value is -5.05. The number of Topliss-reactive ketones (excluding diaryl/α,β-unsaturated/α-hetero) is 1. The Labute approximate surface area is 224 Å². The van der Waals surface area contributed by atoms with Crippen LogP contribution in [0, 0.1) is 0 Å². The molecular weight excluding hydrogens is 496 g/mol. The smallest absolute Gasteiger partial charge is 0.335 e. The number of aromatic carboxylic acids is 2. The molecule has 6 rings (SSSR count). The number of carbonyl (C=O) groups excluding carboxylic acids is 1. The first-order valence-corrected chi connectivity index (χ1v) is 12.7. The van der Waals surface area contributed by atoms with E-state index in [4.69, 9.17) is 10.2 Å². The van der Waals surface area contributed by atoms with Gasteiger partial charge in [0.1, 0.15) is 0 Å². The summed E-state index contributed by atoms with van der Waals surface area (Å²) in [5, 5.41) is 24.8. The van der Waals surface area contributed by atoms with Crippen molar-refractivity contribution < 1.29 is 24.6 Å². The van der Waals surface area contributed by atoms with E-state index < -0.39 is 11.9 Å². The quantitative estimate of drug-likeness (QED) is 0.241. The normalized spacial score (nSPS) is 15.7. The van der Waals surface area contributed by atoms with Crippen molar-refractivity contribution in [2.24, 2.45) is 0 Å². The maximum absolute atomic E-state index is 13.4. The average Bonchev–Trinajstić information content (AvgIpc) is 3.70. The van der Waals surface area contributed by atoms with Gasteiger partial charge in [-0.3, -0.25) is 4.79 Å². The summed E-state index contributed by atoms with van der Waals surface area (Å²) in [4.78, 5) is 35.5. The van der Waals surface area contributed by atoms with Gasteiger partial charge in [0.25, 0.3) is 0 Å². The number of carboxylic acid groups (broad SMARTS) is 2. The van der Waals surface area contributed by atoms with Crippen LogP contribution in [-0.4, -0.2) is 37.1 Å². The number of aromatic nitrogens is 2. The number of anilines is 2. The molecular formula is C30H26N4O5. The molecule has 9 heteroatoms. The van der Waals surface area contributed by atoms with Crippen molar-refractivity contribution in [1.82, 2.24) is 9.13 Å². The molecule has 9 nitrogen and oxygen atoms in total. The van der Waals surface area contributed by atoms with Gasteiger partial charge in [-0.15, -0.1) is 0 Å². The van der Waals surface area contributed by atoms with Crippen molar-refractivity contribution in [2.75, 3.05) is 10.6 Å². The van der Waals surface area contributed by atoms with Gasteiger partial charge in [-0.2, -0.15) is 0 Å². The van der Waals surface area contributed by atoms with Crippen LogP contribution in [0.2, 0.25) is 0 Å². The first-order chi connectivity index (χ1) is 18.9. The van der Waals surface area contributed by atoms with E-state index in [9.17, 15) is 14.4 Å². The second-order valence-corrected chi connectivity index (χ2v) is 9.67. The van der Waals surface area contributed by atoms with Crippen LogP contribution in [-0.2, 0) is 26.2 Å². The van der Waals surface area contributed by atoms with Crippen LogP contribution in [0.15, 0.2) is 78.4 Å². The third-order valence-corrected chi connectivity index (χ3v) is 7.43. The van der Waals surface area contributed by atoms with Crippen LogP contribution in [0.1, 0.15) is 54.7 Å². The Kier molecular flexibility index (Phi) is 6.03. The SMILES string of the molecule is O=C(O)c1ccc(NCc2ccc3n2C/C(=C2/CCn4c(CNc5ccc(C(=O)O)cc5)ccc42)C3=O)cc1. The predicted octanol–water partition coefficient (Wildman–Crippen LogP) is 4.96. The molecule has 0 fully saturated rings. The topological polar surface area (TPSA) is 126 Å². The fraction of sp³-hybridized carbons (Fsp3) is 0.167. The summed E-state index contributed by atoms with van der Waals surface area (Å²) >= 11 is 0. The van der Waals surface area contributed by atoms with E-state index in [2.05, 4.69) is 31.9 Å². The van der Waals surface area contributed by atoms with Crippen molar-refractivity contribution in [3.63, 3.8) is 0 Å². The van der Waals surface area contributed by atoms with Gasteiger partial charge >= 0.3 is 11.9 Å². The Morgan fingerprint density at radius 3 is 1.72 bits per heavy atom. The van der Waals surface area contributed by atoms with E-state index in [1.54, 1.807) is 48.5 Å². The van der Waals surface area contributed by atoms with E-state index in [-0.39, 0.29) is 16.9 Å². The fourth-order valence-electron chi connectivity index (χ4n) is 5.36. The molecule has 0 aliphatic carbocycles. The number of carboxylic acids is 2. The molecule has 0 radical (unpaired) electrons. The molecule has 2 aliphatic rings. The molecule has 0 bridgehead atoms. The highest BCUT2D eigenvalue weighted by molar-refractivity contribution is 6.14. The van der Waals surface area contributed by atoms with Gasteiger partial charge in [-0.1, -0.05) is 0 Å². The summed E-state index contributed by atoms with van der Waals surface area (Å²) in [6.45, 7) is 2.44. The molecule has 0 unspecified atom stereocenters. The highest BCUT2D eigenvalue weighted by Gasteiger charge is 2.32. The predicted molar refractivity (Wildman–Crippen MR) is 146 cm³/mol. The van der Waals surface area contributed by atoms with Gasteiger partial charge in [-0.25, -0.2) is 9.59 Å².